The SMILES string of the molecule is C=C(C)/C=C\C(=C/C)C[C@H](NC(=O)CN1CCOCC1CO)C(=O)NC(Cc1ccccc1)C(=O)[C@H]1CO1.CC. The lowest BCUT2D eigenvalue weighted by Crippen LogP contribution is -2.56. The Kier molecular flexibility index (Phi) is 14.5. The highest BCUT2D eigenvalue weighted by Gasteiger charge is 2.38. The van der Waals surface area contributed by atoms with Gasteiger partial charge in [0.1, 0.15) is 12.1 Å². The number of ketones is 1. The number of rotatable bonds is 14. The van der Waals surface area contributed by atoms with Crippen molar-refractivity contribution in [3.05, 3.63) is 71.8 Å². The molecule has 2 unspecified atom stereocenters. The molecule has 0 saturated carbocycles. The molecule has 0 radical (unpaired) electrons. The van der Waals surface area contributed by atoms with Crippen molar-refractivity contribution in [1.29, 1.82) is 0 Å². The van der Waals surface area contributed by atoms with E-state index in [0.29, 0.717) is 32.8 Å². The molecule has 4 atom stereocenters. The fourth-order valence-electron chi connectivity index (χ4n) is 4.25. The summed E-state index contributed by atoms with van der Waals surface area (Å²) in [5.74, 6) is -0.974. The minimum absolute atomic E-state index is 0.0213. The standard InChI is InChI=1S/C29H39N3O6.C2H6/c1-4-21(11-10-20(2)3)14-25(30-27(34)16-32-12-13-37-18-23(32)17-33)29(36)31-24(28(35)26-19-38-26)15-22-8-6-5-7-9-22;1-2/h4-11,23-26,33H,2,12-19H2,1,3H3,(H,30,34)(H,31,36);1-2H3/b11-10-,21-4+;/t23?,24?,25-,26+;/m0./s1. The minimum atomic E-state index is -0.914. The second kappa shape index (κ2) is 17.6. The van der Waals surface area contributed by atoms with Crippen LogP contribution in [0.15, 0.2) is 66.3 Å². The van der Waals surface area contributed by atoms with Gasteiger partial charge in [0.2, 0.25) is 11.8 Å². The van der Waals surface area contributed by atoms with Crippen LogP contribution in [0.4, 0.5) is 0 Å². The van der Waals surface area contributed by atoms with Crippen molar-refractivity contribution in [2.24, 2.45) is 0 Å². The van der Waals surface area contributed by atoms with Crippen LogP contribution in [0.3, 0.4) is 0 Å². The van der Waals surface area contributed by atoms with Gasteiger partial charge in [0.15, 0.2) is 5.78 Å². The summed E-state index contributed by atoms with van der Waals surface area (Å²) in [7, 11) is 0. The largest absolute Gasteiger partial charge is 0.395 e. The number of hydrogen-bond acceptors (Lipinski definition) is 7. The van der Waals surface area contributed by atoms with E-state index in [4.69, 9.17) is 9.47 Å². The molecular formula is C31H45N3O6. The molecule has 3 rings (SSSR count). The zero-order valence-corrected chi connectivity index (χ0v) is 24.2. The number of carbonyl (C=O) groups excluding carboxylic acids is 3. The van der Waals surface area contributed by atoms with Gasteiger partial charge in [-0.2, -0.15) is 0 Å². The van der Waals surface area contributed by atoms with Gasteiger partial charge in [-0.05, 0) is 31.4 Å². The normalized spacial score (nSPS) is 20.6. The maximum atomic E-state index is 13.6. The molecule has 1 aromatic carbocycles. The molecule has 220 valence electrons. The molecule has 40 heavy (non-hydrogen) atoms. The summed E-state index contributed by atoms with van der Waals surface area (Å²) in [6, 6.07) is 7.48. The average Bonchev–Trinajstić information content (AvgIpc) is 3.81. The predicted octanol–water partition coefficient (Wildman–Crippen LogP) is 2.35. The Bertz CT molecular complexity index is 1030. The van der Waals surface area contributed by atoms with E-state index >= 15 is 0 Å². The number of nitrogens with zero attached hydrogens (tertiary/aromatic N) is 1. The number of benzene rings is 1. The van der Waals surface area contributed by atoms with Gasteiger partial charge in [-0.15, -0.1) is 0 Å². The summed E-state index contributed by atoms with van der Waals surface area (Å²) in [4.78, 5) is 41.4. The summed E-state index contributed by atoms with van der Waals surface area (Å²) in [5.41, 5.74) is 2.60. The lowest BCUT2D eigenvalue weighted by Gasteiger charge is -2.34. The Balaban J connectivity index is 0.00000274. The molecule has 2 amide bonds. The molecule has 0 bridgehead atoms. The summed E-state index contributed by atoms with van der Waals surface area (Å²) >= 11 is 0. The molecule has 0 spiro atoms. The number of aliphatic hydroxyl groups is 1. The van der Waals surface area contributed by atoms with Crippen LogP contribution >= 0.6 is 0 Å². The number of nitrogens with one attached hydrogen (secondary N) is 2. The molecule has 9 heteroatoms. The van der Waals surface area contributed by atoms with E-state index in [-0.39, 0.29) is 37.3 Å². The Morgan fingerprint density at radius 2 is 1.82 bits per heavy atom. The van der Waals surface area contributed by atoms with Gasteiger partial charge < -0.3 is 25.2 Å². The van der Waals surface area contributed by atoms with Crippen LogP contribution in [0.5, 0.6) is 0 Å². The second-order valence-corrected chi connectivity index (χ2v) is 9.72. The summed E-state index contributed by atoms with van der Waals surface area (Å²) in [5, 5.41) is 15.4. The third-order valence-electron chi connectivity index (χ3n) is 6.54. The lowest BCUT2D eigenvalue weighted by molar-refractivity contribution is -0.133. The van der Waals surface area contributed by atoms with Gasteiger partial charge >= 0.3 is 0 Å². The minimum Gasteiger partial charge on any atom is -0.395 e. The molecule has 2 saturated heterocycles. The van der Waals surface area contributed by atoms with Gasteiger partial charge in [-0.25, -0.2) is 0 Å². The number of morpholine rings is 1. The first kappa shape index (κ1) is 33.1. The maximum Gasteiger partial charge on any atom is 0.243 e. The second-order valence-electron chi connectivity index (χ2n) is 9.72. The van der Waals surface area contributed by atoms with Crippen LogP contribution in [-0.4, -0.2) is 91.4 Å². The van der Waals surface area contributed by atoms with Crippen LogP contribution < -0.4 is 10.6 Å². The van der Waals surface area contributed by atoms with Crippen molar-refractivity contribution in [2.75, 3.05) is 39.5 Å². The predicted molar refractivity (Wildman–Crippen MR) is 156 cm³/mol. The summed E-state index contributed by atoms with van der Waals surface area (Å²) in [6.07, 6.45) is 5.63. The summed E-state index contributed by atoms with van der Waals surface area (Å²) < 4.78 is 10.6. The van der Waals surface area contributed by atoms with Crippen molar-refractivity contribution in [3.8, 4) is 0 Å². The first-order valence-corrected chi connectivity index (χ1v) is 14.0. The molecular weight excluding hydrogens is 510 g/mol. The monoisotopic (exact) mass is 555 g/mol. The Labute approximate surface area is 238 Å². The van der Waals surface area contributed by atoms with Crippen LogP contribution in [-0.2, 0) is 30.3 Å². The number of ether oxygens (including phenoxy) is 2. The number of aliphatic hydroxyl groups excluding tert-OH is 1. The Hall–Kier alpha value is -3.11. The van der Waals surface area contributed by atoms with Crippen LogP contribution in [0, 0.1) is 0 Å². The number of hydrogen-bond donors (Lipinski definition) is 3. The van der Waals surface area contributed by atoms with Crippen LogP contribution in [0.2, 0.25) is 0 Å². The maximum absolute atomic E-state index is 13.6. The van der Waals surface area contributed by atoms with Crippen molar-refractivity contribution in [1.82, 2.24) is 15.5 Å². The van der Waals surface area contributed by atoms with Crippen LogP contribution in [0.1, 0.15) is 39.7 Å². The number of epoxide rings is 1. The molecule has 2 aliphatic heterocycles. The fourth-order valence-corrected chi connectivity index (χ4v) is 4.25. The molecule has 2 aliphatic rings. The zero-order chi connectivity index (χ0) is 29.5. The third kappa shape index (κ3) is 11.2. The van der Waals surface area contributed by atoms with Crippen LogP contribution in [0.25, 0.3) is 0 Å². The number of carbonyl (C=O) groups is 3. The molecule has 0 aromatic heterocycles. The van der Waals surface area contributed by atoms with Crippen molar-refractivity contribution in [2.45, 2.75) is 64.8 Å². The van der Waals surface area contributed by atoms with E-state index in [9.17, 15) is 19.5 Å². The molecule has 2 heterocycles. The average molecular weight is 556 g/mol. The first-order valence-electron chi connectivity index (χ1n) is 14.0. The zero-order valence-electron chi connectivity index (χ0n) is 24.2. The highest BCUT2D eigenvalue weighted by molar-refractivity contribution is 5.96. The highest BCUT2D eigenvalue weighted by Crippen LogP contribution is 2.16. The van der Waals surface area contributed by atoms with Gasteiger partial charge in [0.25, 0.3) is 0 Å². The molecule has 0 aliphatic carbocycles. The summed E-state index contributed by atoms with van der Waals surface area (Å²) in [6.45, 7) is 13.2. The van der Waals surface area contributed by atoms with E-state index in [1.165, 1.54) is 0 Å². The highest BCUT2D eigenvalue weighted by atomic mass is 16.6. The first-order chi connectivity index (χ1) is 19.3. The Morgan fingerprint density at radius 3 is 2.42 bits per heavy atom. The van der Waals surface area contributed by atoms with Gasteiger partial charge in [-0.3, -0.25) is 19.3 Å². The quantitative estimate of drug-likeness (QED) is 0.238. The van der Waals surface area contributed by atoms with E-state index in [2.05, 4.69) is 17.2 Å². The number of Topliss-reactive ketones (excluding diaryl/α,β-unsaturated/α-hetero) is 1. The molecule has 2 fully saturated rings. The number of amides is 2. The molecule has 9 nitrogen and oxygen atoms in total. The van der Waals surface area contributed by atoms with Gasteiger partial charge in [-0.1, -0.05) is 74.6 Å². The topological polar surface area (TPSA) is 120 Å². The molecule has 3 N–H and O–H groups in total. The van der Waals surface area contributed by atoms with E-state index in [1.807, 2.05) is 81.2 Å². The third-order valence-corrected chi connectivity index (χ3v) is 6.54. The van der Waals surface area contributed by atoms with Gasteiger partial charge in [0, 0.05) is 13.0 Å². The smallest absolute Gasteiger partial charge is 0.243 e. The lowest BCUT2D eigenvalue weighted by atomic mass is 9.99. The van der Waals surface area contributed by atoms with E-state index < -0.39 is 24.1 Å². The van der Waals surface area contributed by atoms with E-state index in [0.717, 1.165) is 16.7 Å². The van der Waals surface area contributed by atoms with Crippen molar-refractivity contribution in [3.63, 3.8) is 0 Å². The fraction of sp³-hybridized carbons (Fsp3) is 0.516. The number of allylic oxidation sites excluding steroid dienone is 4. The van der Waals surface area contributed by atoms with Crippen molar-refractivity contribution >= 4 is 17.6 Å². The molecule has 1 aromatic rings. The van der Waals surface area contributed by atoms with Gasteiger partial charge in [0.05, 0.1) is 45.1 Å². The van der Waals surface area contributed by atoms with E-state index in [1.54, 1.807) is 0 Å². The van der Waals surface area contributed by atoms with Crippen molar-refractivity contribution < 1.29 is 29.0 Å². The Morgan fingerprint density at radius 1 is 1.12 bits per heavy atom.